The molecule has 2 unspecified atom stereocenters. The topological polar surface area (TPSA) is 61.8 Å². The Balaban J connectivity index is 1.91. The van der Waals surface area contributed by atoms with Gasteiger partial charge in [0.2, 0.25) is 5.91 Å². The van der Waals surface area contributed by atoms with Gasteiger partial charge in [0, 0.05) is 11.7 Å². The molecule has 0 saturated heterocycles. The Labute approximate surface area is 138 Å². The average Bonchev–Trinajstić information content (AvgIpc) is 2.87. The maximum Gasteiger partial charge on any atom is 0.387 e. The first-order chi connectivity index (χ1) is 10.9. The van der Waals surface area contributed by atoms with E-state index in [-0.39, 0.29) is 29.3 Å². The number of nitrogens with one attached hydrogen (secondary N) is 1. The Hall–Kier alpha value is -1.44. The Bertz CT molecular complexity index is 560. The van der Waals surface area contributed by atoms with E-state index in [1.165, 1.54) is 18.2 Å². The molecule has 1 aliphatic carbocycles. The highest BCUT2D eigenvalue weighted by atomic mass is 35.5. The van der Waals surface area contributed by atoms with Gasteiger partial charge in [-0.1, -0.05) is 11.6 Å². The molecule has 1 aromatic rings. The van der Waals surface area contributed by atoms with Gasteiger partial charge in [0.05, 0.1) is 17.7 Å². The minimum atomic E-state index is -2.96. The lowest BCUT2D eigenvalue weighted by molar-refractivity contribution is -0.117. The van der Waals surface area contributed by atoms with Crippen LogP contribution in [0, 0.1) is 0 Å². The number of aliphatic hydroxyl groups excluding tert-OH is 1. The third-order valence-electron chi connectivity index (χ3n) is 3.83. The van der Waals surface area contributed by atoms with Gasteiger partial charge in [-0.05, 0) is 44.5 Å². The predicted molar refractivity (Wildman–Crippen MR) is 83.0 cm³/mol. The van der Waals surface area contributed by atoms with E-state index in [0.717, 1.165) is 19.3 Å². The fourth-order valence-electron chi connectivity index (χ4n) is 2.75. The summed E-state index contributed by atoms with van der Waals surface area (Å²) in [5.41, 5.74) is 0.391. The SMILES string of the molecule is CN(CC(=O)Nc1ccc(OC(F)F)c(Cl)c1)C1CCCC1O. The highest BCUT2D eigenvalue weighted by Crippen LogP contribution is 2.29. The summed E-state index contributed by atoms with van der Waals surface area (Å²) in [5.74, 6) is -0.420. The van der Waals surface area contributed by atoms with Crippen molar-refractivity contribution in [2.24, 2.45) is 0 Å². The molecule has 0 spiro atoms. The third kappa shape index (κ3) is 5.02. The molecule has 2 atom stereocenters. The highest BCUT2D eigenvalue weighted by Gasteiger charge is 2.29. The second-order valence-corrected chi connectivity index (χ2v) is 5.96. The summed E-state index contributed by atoms with van der Waals surface area (Å²) in [6.45, 7) is -2.84. The van der Waals surface area contributed by atoms with E-state index in [1.54, 1.807) is 7.05 Å². The summed E-state index contributed by atoms with van der Waals surface area (Å²) in [4.78, 5) is 13.8. The Morgan fingerprint density at radius 2 is 2.26 bits per heavy atom. The fourth-order valence-corrected chi connectivity index (χ4v) is 2.97. The van der Waals surface area contributed by atoms with Gasteiger partial charge in [-0.2, -0.15) is 8.78 Å². The normalized spacial score (nSPS) is 21.0. The summed E-state index contributed by atoms with van der Waals surface area (Å²) in [6, 6.07) is 4.04. The van der Waals surface area contributed by atoms with Crippen LogP contribution < -0.4 is 10.1 Å². The number of nitrogens with zero attached hydrogens (tertiary/aromatic N) is 1. The minimum Gasteiger partial charge on any atom is -0.433 e. The lowest BCUT2D eigenvalue weighted by Gasteiger charge is -2.26. The molecule has 0 heterocycles. The molecule has 0 radical (unpaired) electrons. The standard InChI is InChI=1S/C15H19ClF2N2O3/c1-20(11-3-2-4-12(11)21)8-14(22)19-9-5-6-13(10(16)7-9)23-15(17)18/h5-7,11-12,15,21H,2-4,8H2,1H3,(H,19,22). The molecule has 23 heavy (non-hydrogen) atoms. The van der Waals surface area contributed by atoms with Crippen LogP contribution in [-0.2, 0) is 4.79 Å². The second-order valence-electron chi connectivity index (χ2n) is 5.55. The number of hydrogen-bond acceptors (Lipinski definition) is 4. The largest absolute Gasteiger partial charge is 0.433 e. The zero-order chi connectivity index (χ0) is 17.0. The Kier molecular flexibility index (Phi) is 6.15. The fraction of sp³-hybridized carbons (Fsp3) is 0.533. The summed E-state index contributed by atoms with van der Waals surface area (Å²) in [6.07, 6.45) is 2.14. The predicted octanol–water partition coefficient (Wildman–Crippen LogP) is 2.73. The van der Waals surface area contributed by atoms with E-state index in [0.29, 0.717) is 5.69 Å². The molecule has 2 N–H and O–H groups in total. The van der Waals surface area contributed by atoms with Crippen LogP contribution in [0.2, 0.25) is 5.02 Å². The van der Waals surface area contributed by atoms with Gasteiger partial charge in [-0.25, -0.2) is 0 Å². The van der Waals surface area contributed by atoms with Crippen LogP contribution >= 0.6 is 11.6 Å². The number of carbonyl (C=O) groups is 1. The molecular formula is C15H19ClF2N2O3. The van der Waals surface area contributed by atoms with Crippen molar-refractivity contribution in [3.8, 4) is 5.75 Å². The van der Waals surface area contributed by atoms with Crippen molar-refractivity contribution in [2.45, 2.75) is 38.0 Å². The number of anilines is 1. The van der Waals surface area contributed by atoms with Gasteiger partial charge < -0.3 is 15.2 Å². The van der Waals surface area contributed by atoms with Gasteiger partial charge in [0.15, 0.2) is 0 Å². The van der Waals surface area contributed by atoms with Gasteiger partial charge in [0.1, 0.15) is 5.75 Å². The molecule has 1 aliphatic rings. The number of carbonyl (C=O) groups excluding carboxylic acids is 1. The van der Waals surface area contributed by atoms with E-state index in [1.807, 2.05) is 4.90 Å². The number of aliphatic hydroxyl groups is 1. The van der Waals surface area contributed by atoms with Crippen LogP contribution in [0.1, 0.15) is 19.3 Å². The first-order valence-corrected chi connectivity index (χ1v) is 7.67. The molecule has 1 amide bonds. The number of halogens is 3. The Morgan fingerprint density at radius 1 is 1.52 bits per heavy atom. The van der Waals surface area contributed by atoms with Crippen LogP contribution in [-0.4, -0.2) is 48.3 Å². The minimum absolute atomic E-state index is 0.0114. The van der Waals surface area contributed by atoms with E-state index in [9.17, 15) is 18.7 Å². The van der Waals surface area contributed by atoms with Crippen molar-refractivity contribution >= 4 is 23.2 Å². The molecule has 1 fully saturated rings. The molecule has 1 saturated carbocycles. The molecular weight excluding hydrogens is 330 g/mol. The van der Waals surface area contributed by atoms with E-state index >= 15 is 0 Å². The molecule has 5 nitrogen and oxygen atoms in total. The average molecular weight is 349 g/mol. The van der Waals surface area contributed by atoms with Crippen molar-refractivity contribution < 1.29 is 23.4 Å². The molecule has 128 valence electrons. The maximum atomic E-state index is 12.2. The van der Waals surface area contributed by atoms with E-state index in [4.69, 9.17) is 11.6 Å². The smallest absolute Gasteiger partial charge is 0.387 e. The number of ether oxygens (including phenoxy) is 1. The monoisotopic (exact) mass is 348 g/mol. The van der Waals surface area contributed by atoms with Gasteiger partial charge >= 0.3 is 6.61 Å². The quantitative estimate of drug-likeness (QED) is 0.830. The number of amides is 1. The van der Waals surface area contributed by atoms with Gasteiger partial charge in [-0.3, -0.25) is 9.69 Å². The van der Waals surface area contributed by atoms with Crippen molar-refractivity contribution in [2.75, 3.05) is 18.9 Å². The van der Waals surface area contributed by atoms with Crippen LogP contribution in [0.4, 0.5) is 14.5 Å². The molecule has 0 aliphatic heterocycles. The first kappa shape index (κ1) is 17.9. The number of hydrogen-bond donors (Lipinski definition) is 2. The van der Waals surface area contributed by atoms with E-state index in [2.05, 4.69) is 10.1 Å². The summed E-state index contributed by atoms with van der Waals surface area (Å²) in [5, 5.41) is 12.5. The molecule has 0 aromatic heterocycles. The van der Waals surface area contributed by atoms with Gasteiger partial charge in [0.25, 0.3) is 0 Å². The number of rotatable bonds is 6. The van der Waals surface area contributed by atoms with Crippen LogP contribution in [0.25, 0.3) is 0 Å². The number of benzene rings is 1. The molecule has 8 heteroatoms. The van der Waals surface area contributed by atoms with Crippen LogP contribution in [0.5, 0.6) is 5.75 Å². The van der Waals surface area contributed by atoms with Crippen LogP contribution in [0.15, 0.2) is 18.2 Å². The number of alkyl halides is 2. The van der Waals surface area contributed by atoms with Gasteiger partial charge in [-0.15, -0.1) is 0 Å². The first-order valence-electron chi connectivity index (χ1n) is 7.29. The molecule has 0 bridgehead atoms. The highest BCUT2D eigenvalue weighted by molar-refractivity contribution is 6.32. The molecule has 2 rings (SSSR count). The van der Waals surface area contributed by atoms with Crippen molar-refractivity contribution in [3.63, 3.8) is 0 Å². The third-order valence-corrected chi connectivity index (χ3v) is 4.13. The zero-order valence-electron chi connectivity index (χ0n) is 12.6. The molecule has 1 aromatic carbocycles. The summed E-state index contributed by atoms with van der Waals surface area (Å²) in [7, 11) is 1.78. The van der Waals surface area contributed by atoms with Crippen molar-refractivity contribution in [1.82, 2.24) is 4.90 Å². The van der Waals surface area contributed by atoms with Crippen molar-refractivity contribution in [1.29, 1.82) is 0 Å². The lowest BCUT2D eigenvalue weighted by Crippen LogP contribution is -2.41. The second kappa shape index (κ2) is 7.90. The lowest BCUT2D eigenvalue weighted by atomic mass is 10.2. The summed E-state index contributed by atoms with van der Waals surface area (Å²) < 4.78 is 28.5. The van der Waals surface area contributed by atoms with Crippen LogP contribution in [0.3, 0.4) is 0 Å². The van der Waals surface area contributed by atoms with Crippen molar-refractivity contribution in [3.05, 3.63) is 23.2 Å². The Morgan fingerprint density at radius 3 is 2.83 bits per heavy atom. The number of likely N-dealkylation sites (N-methyl/N-ethyl adjacent to an activating group) is 1. The van der Waals surface area contributed by atoms with E-state index < -0.39 is 12.7 Å². The maximum absolute atomic E-state index is 12.2. The zero-order valence-corrected chi connectivity index (χ0v) is 13.4. The summed E-state index contributed by atoms with van der Waals surface area (Å²) >= 11 is 5.83.